The highest BCUT2D eigenvalue weighted by Crippen LogP contribution is 2.36. The van der Waals surface area contributed by atoms with Crippen molar-refractivity contribution >= 4 is 11.9 Å². The molecule has 4 rings (SSSR count). The molecule has 2 fully saturated rings. The maximum atomic E-state index is 12.7. The fraction of sp³-hybridized carbons (Fsp3) is 0.636. The van der Waals surface area contributed by atoms with E-state index in [0.717, 1.165) is 64.1 Å². The molecule has 1 unspecified atom stereocenters. The number of likely N-dealkylation sites (tertiary alicyclic amines) is 1. The molecule has 6 nitrogen and oxygen atoms in total. The topological polar surface area (TPSA) is 70.7 Å². The first-order chi connectivity index (χ1) is 13.5. The number of carbonyl (C=O) groups is 2. The van der Waals surface area contributed by atoms with Crippen molar-refractivity contribution in [2.45, 2.75) is 58.0 Å². The second-order valence-electron chi connectivity index (χ2n) is 8.90. The van der Waals surface area contributed by atoms with Crippen LogP contribution in [0.15, 0.2) is 18.2 Å². The van der Waals surface area contributed by atoms with Gasteiger partial charge in [0.05, 0.1) is 6.61 Å². The second-order valence-corrected chi connectivity index (χ2v) is 8.90. The lowest BCUT2D eigenvalue weighted by molar-refractivity contribution is -0.127. The van der Waals surface area contributed by atoms with Crippen molar-refractivity contribution in [2.75, 3.05) is 19.7 Å². The molecule has 0 aliphatic carbocycles. The van der Waals surface area contributed by atoms with Crippen LogP contribution in [0, 0.1) is 11.8 Å². The first-order valence-corrected chi connectivity index (χ1v) is 10.6. The third-order valence-electron chi connectivity index (χ3n) is 6.53. The highest BCUT2D eigenvalue weighted by atomic mass is 16.5. The summed E-state index contributed by atoms with van der Waals surface area (Å²) in [6.45, 7) is 7.93. The van der Waals surface area contributed by atoms with Crippen LogP contribution in [0.4, 0.5) is 4.79 Å². The minimum atomic E-state index is -0.724. The summed E-state index contributed by atoms with van der Waals surface area (Å²) in [5.74, 6) is 1.60. The molecule has 2 saturated heterocycles. The molecule has 1 atom stereocenters. The molecule has 0 spiro atoms. The molecule has 3 amide bonds. The maximum absolute atomic E-state index is 12.7. The Morgan fingerprint density at radius 1 is 1.25 bits per heavy atom. The van der Waals surface area contributed by atoms with Crippen molar-refractivity contribution in [2.24, 2.45) is 11.8 Å². The van der Waals surface area contributed by atoms with E-state index < -0.39 is 5.54 Å². The van der Waals surface area contributed by atoms with E-state index in [0.29, 0.717) is 5.92 Å². The van der Waals surface area contributed by atoms with Crippen LogP contribution in [0.25, 0.3) is 0 Å². The number of urea groups is 1. The van der Waals surface area contributed by atoms with E-state index in [4.69, 9.17) is 4.74 Å². The highest BCUT2D eigenvalue weighted by molar-refractivity contribution is 6.07. The van der Waals surface area contributed by atoms with Crippen LogP contribution in [-0.4, -0.2) is 42.1 Å². The fourth-order valence-electron chi connectivity index (χ4n) is 4.87. The monoisotopic (exact) mass is 385 g/mol. The third kappa shape index (κ3) is 3.75. The number of piperidine rings is 1. The van der Waals surface area contributed by atoms with Gasteiger partial charge < -0.3 is 10.1 Å². The Bertz CT molecular complexity index is 755. The lowest BCUT2D eigenvalue weighted by Crippen LogP contribution is -2.56. The van der Waals surface area contributed by atoms with Gasteiger partial charge in [-0.25, -0.2) is 4.79 Å². The van der Waals surface area contributed by atoms with E-state index >= 15 is 0 Å². The van der Waals surface area contributed by atoms with Crippen molar-refractivity contribution in [1.29, 1.82) is 0 Å². The number of fused-ring (bicyclic) bond motifs is 1. The Morgan fingerprint density at radius 2 is 2.04 bits per heavy atom. The summed E-state index contributed by atoms with van der Waals surface area (Å²) in [5.41, 5.74) is 1.91. The molecule has 1 aromatic rings. The average Bonchev–Trinajstić information content (AvgIpc) is 3.24. The van der Waals surface area contributed by atoms with Crippen molar-refractivity contribution in [3.63, 3.8) is 0 Å². The SMILES string of the molecule is CC(C)CCC1(C2CCN(Cc3ccc4c(c3)CCO4)CC2)NC(=O)NC1=O. The van der Waals surface area contributed by atoms with Crippen LogP contribution in [0.1, 0.15) is 50.7 Å². The summed E-state index contributed by atoms with van der Waals surface area (Å²) in [5, 5.41) is 5.49. The van der Waals surface area contributed by atoms with E-state index in [1.54, 1.807) is 0 Å². The lowest BCUT2D eigenvalue weighted by Gasteiger charge is -2.41. The van der Waals surface area contributed by atoms with E-state index in [1.165, 1.54) is 11.1 Å². The number of amides is 3. The molecule has 3 aliphatic rings. The Hall–Kier alpha value is -2.08. The fourth-order valence-corrected chi connectivity index (χ4v) is 4.87. The van der Waals surface area contributed by atoms with Gasteiger partial charge in [0.2, 0.25) is 0 Å². The molecule has 3 heterocycles. The minimum absolute atomic E-state index is 0.129. The predicted molar refractivity (Wildman–Crippen MR) is 107 cm³/mol. The Morgan fingerprint density at radius 3 is 2.71 bits per heavy atom. The van der Waals surface area contributed by atoms with Crippen LogP contribution >= 0.6 is 0 Å². The molecule has 28 heavy (non-hydrogen) atoms. The largest absolute Gasteiger partial charge is 0.493 e. The highest BCUT2D eigenvalue weighted by Gasteiger charge is 2.51. The Balaban J connectivity index is 1.39. The van der Waals surface area contributed by atoms with Gasteiger partial charge >= 0.3 is 6.03 Å². The normalized spacial score (nSPS) is 25.5. The number of imide groups is 1. The Labute approximate surface area is 167 Å². The zero-order valence-corrected chi connectivity index (χ0v) is 16.9. The third-order valence-corrected chi connectivity index (χ3v) is 6.53. The minimum Gasteiger partial charge on any atom is -0.493 e. The zero-order chi connectivity index (χ0) is 19.7. The van der Waals surface area contributed by atoms with E-state index in [-0.39, 0.29) is 17.9 Å². The molecule has 6 heteroatoms. The summed E-state index contributed by atoms with van der Waals surface area (Å²) in [7, 11) is 0. The lowest BCUT2D eigenvalue weighted by atomic mass is 9.74. The first kappa shape index (κ1) is 19.2. The summed E-state index contributed by atoms with van der Waals surface area (Å²) in [6.07, 6.45) is 4.51. The molecular formula is C22H31N3O3. The van der Waals surface area contributed by atoms with Crippen LogP contribution in [-0.2, 0) is 17.8 Å². The molecule has 3 aliphatic heterocycles. The predicted octanol–water partition coefficient (Wildman–Crippen LogP) is 2.85. The molecule has 0 bridgehead atoms. The van der Waals surface area contributed by atoms with Gasteiger partial charge in [0.25, 0.3) is 5.91 Å². The van der Waals surface area contributed by atoms with E-state index in [2.05, 4.69) is 47.6 Å². The summed E-state index contributed by atoms with van der Waals surface area (Å²) >= 11 is 0. The van der Waals surface area contributed by atoms with E-state index in [1.807, 2.05) is 0 Å². The molecule has 2 N–H and O–H groups in total. The second kappa shape index (κ2) is 7.74. The molecule has 0 saturated carbocycles. The van der Waals surface area contributed by atoms with Crippen LogP contribution in [0.5, 0.6) is 5.75 Å². The first-order valence-electron chi connectivity index (χ1n) is 10.6. The quantitative estimate of drug-likeness (QED) is 0.739. The van der Waals surface area contributed by atoms with Gasteiger partial charge in [-0.2, -0.15) is 0 Å². The van der Waals surface area contributed by atoms with Gasteiger partial charge in [0.15, 0.2) is 0 Å². The summed E-state index contributed by atoms with van der Waals surface area (Å²) in [4.78, 5) is 27.0. The van der Waals surface area contributed by atoms with Crippen molar-refractivity contribution < 1.29 is 14.3 Å². The van der Waals surface area contributed by atoms with E-state index in [9.17, 15) is 9.59 Å². The van der Waals surface area contributed by atoms with Gasteiger partial charge in [0, 0.05) is 13.0 Å². The molecule has 0 aromatic heterocycles. The van der Waals surface area contributed by atoms with Crippen molar-refractivity contribution in [3.8, 4) is 5.75 Å². The summed E-state index contributed by atoms with van der Waals surface area (Å²) < 4.78 is 5.60. The summed E-state index contributed by atoms with van der Waals surface area (Å²) in [6, 6.07) is 6.18. The van der Waals surface area contributed by atoms with Crippen LogP contribution in [0.2, 0.25) is 0 Å². The van der Waals surface area contributed by atoms with Crippen molar-refractivity contribution in [1.82, 2.24) is 15.5 Å². The van der Waals surface area contributed by atoms with Gasteiger partial charge in [0.1, 0.15) is 11.3 Å². The smallest absolute Gasteiger partial charge is 0.322 e. The van der Waals surface area contributed by atoms with Gasteiger partial charge in [-0.15, -0.1) is 0 Å². The number of rotatable bonds is 6. The molecular weight excluding hydrogens is 354 g/mol. The molecule has 0 radical (unpaired) electrons. The molecule has 1 aromatic carbocycles. The standard InChI is InChI=1S/C22H31N3O3/c1-15(2)5-9-22(20(26)23-21(27)24-22)18-6-10-25(11-7-18)14-16-3-4-19-17(13-16)8-12-28-19/h3-4,13,15,18H,5-12,14H2,1-2H3,(H2,23,24,26,27). The van der Waals surface area contributed by atoms with Gasteiger partial charge in [-0.3, -0.25) is 15.0 Å². The number of nitrogens with zero attached hydrogens (tertiary/aromatic N) is 1. The number of carbonyl (C=O) groups excluding carboxylic acids is 2. The number of nitrogens with one attached hydrogen (secondary N) is 2. The number of benzene rings is 1. The number of hydrogen-bond donors (Lipinski definition) is 2. The van der Waals surface area contributed by atoms with Crippen LogP contribution < -0.4 is 15.4 Å². The maximum Gasteiger partial charge on any atom is 0.322 e. The zero-order valence-electron chi connectivity index (χ0n) is 16.9. The average molecular weight is 386 g/mol. The van der Waals surface area contributed by atoms with Gasteiger partial charge in [-0.1, -0.05) is 26.0 Å². The van der Waals surface area contributed by atoms with Crippen LogP contribution in [0.3, 0.4) is 0 Å². The number of ether oxygens (including phenoxy) is 1. The van der Waals surface area contributed by atoms with Gasteiger partial charge in [-0.05, 0) is 67.8 Å². The number of hydrogen-bond acceptors (Lipinski definition) is 4. The van der Waals surface area contributed by atoms with Crippen molar-refractivity contribution in [3.05, 3.63) is 29.3 Å². The molecule has 152 valence electrons. The Kier molecular flexibility index (Phi) is 5.32.